The first-order valence-electron chi connectivity index (χ1n) is 5.21. The minimum Gasteiger partial charge on any atom is -0.444 e. The molecule has 0 saturated carbocycles. The second-order valence-corrected chi connectivity index (χ2v) is 4.88. The van der Waals surface area contributed by atoms with Crippen molar-refractivity contribution in [3.8, 4) is 0 Å². The maximum absolute atomic E-state index is 11.7. The van der Waals surface area contributed by atoms with Crippen molar-refractivity contribution in [2.24, 2.45) is 5.73 Å². The van der Waals surface area contributed by atoms with Gasteiger partial charge in [0.05, 0.1) is 12.6 Å². The number of carbonyl (C=O) groups is 1. The SMILES string of the molecule is CC(C)(C)OC(=O)N1CC[C@@H](N)[C@H]1CO. The molecule has 0 aromatic heterocycles. The van der Waals surface area contributed by atoms with Crippen molar-refractivity contribution in [3.63, 3.8) is 0 Å². The number of hydrogen-bond donors (Lipinski definition) is 2. The normalized spacial score (nSPS) is 26.9. The van der Waals surface area contributed by atoms with Crippen LogP contribution in [0.5, 0.6) is 0 Å². The molecule has 0 spiro atoms. The summed E-state index contributed by atoms with van der Waals surface area (Å²) >= 11 is 0. The number of hydrogen-bond acceptors (Lipinski definition) is 4. The monoisotopic (exact) mass is 216 g/mol. The van der Waals surface area contributed by atoms with Gasteiger partial charge < -0.3 is 20.5 Å². The Hall–Kier alpha value is -0.810. The van der Waals surface area contributed by atoms with Gasteiger partial charge in [-0.15, -0.1) is 0 Å². The summed E-state index contributed by atoms with van der Waals surface area (Å²) in [7, 11) is 0. The summed E-state index contributed by atoms with van der Waals surface area (Å²) in [6, 6.07) is -0.456. The van der Waals surface area contributed by atoms with Crippen LogP contribution in [0, 0.1) is 0 Å². The molecule has 0 aromatic carbocycles. The molecule has 88 valence electrons. The number of aliphatic hydroxyl groups is 1. The van der Waals surface area contributed by atoms with Crippen LogP contribution in [0.1, 0.15) is 27.2 Å². The fourth-order valence-corrected chi connectivity index (χ4v) is 1.66. The quantitative estimate of drug-likeness (QED) is 0.661. The smallest absolute Gasteiger partial charge is 0.410 e. The van der Waals surface area contributed by atoms with Gasteiger partial charge in [0.25, 0.3) is 0 Å². The molecule has 1 rings (SSSR count). The largest absolute Gasteiger partial charge is 0.444 e. The van der Waals surface area contributed by atoms with Crippen LogP contribution in [0.15, 0.2) is 0 Å². The third-order valence-electron chi connectivity index (χ3n) is 2.41. The van der Waals surface area contributed by atoms with Gasteiger partial charge in [0, 0.05) is 12.6 Å². The van der Waals surface area contributed by atoms with E-state index in [1.165, 1.54) is 4.90 Å². The minimum absolute atomic E-state index is 0.111. The van der Waals surface area contributed by atoms with Crippen LogP contribution in [0.25, 0.3) is 0 Å². The molecule has 0 aromatic rings. The van der Waals surface area contributed by atoms with Gasteiger partial charge in [-0.1, -0.05) is 0 Å². The molecule has 5 nitrogen and oxygen atoms in total. The van der Waals surface area contributed by atoms with Gasteiger partial charge >= 0.3 is 6.09 Å². The highest BCUT2D eigenvalue weighted by Gasteiger charge is 2.36. The van der Waals surface area contributed by atoms with E-state index in [2.05, 4.69) is 0 Å². The van der Waals surface area contributed by atoms with Crippen molar-refractivity contribution in [1.29, 1.82) is 0 Å². The van der Waals surface area contributed by atoms with Crippen molar-refractivity contribution in [2.45, 2.75) is 44.9 Å². The molecule has 15 heavy (non-hydrogen) atoms. The molecule has 0 unspecified atom stereocenters. The molecule has 2 atom stereocenters. The number of amides is 1. The summed E-state index contributed by atoms with van der Waals surface area (Å²) < 4.78 is 5.22. The Balaban J connectivity index is 2.60. The third kappa shape index (κ3) is 3.07. The van der Waals surface area contributed by atoms with E-state index in [1.54, 1.807) is 0 Å². The van der Waals surface area contributed by atoms with Crippen molar-refractivity contribution in [2.75, 3.05) is 13.2 Å². The number of aliphatic hydroxyl groups excluding tert-OH is 1. The second-order valence-electron chi connectivity index (χ2n) is 4.88. The first kappa shape index (κ1) is 12.3. The van der Waals surface area contributed by atoms with E-state index >= 15 is 0 Å². The molecule has 3 N–H and O–H groups in total. The molecule has 1 heterocycles. The highest BCUT2D eigenvalue weighted by atomic mass is 16.6. The molecule has 0 radical (unpaired) electrons. The highest BCUT2D eigenvalue weighted by Crippen LogP contribution is 2.19. The zero-order chi connectivity index (χ0) is 11.6. The van der Waals surface area contributed by atoms with E-state index in [9.17, 15) is 4.79 Å². The van der Waals surface area contributed by atoms with Gasteiger partial charge in [-0.3, -0.25) is 0 Å². The van der Waals surface area contributed by atoms with Gasteiger partial charge in [0.1, 0.15) is 5.60 Å². The summed E-state index contributed by atoms with van der Waals surface area (Å²) in [5.41, 5.74) is 5.26. The zero-order valence-corrected chi connectivity index (χ0v) is 9.56. The van der Waals surface area contributed by atoms with E-state index in [1.807, 2.05) is 20.8 Å². The minimum atomic E-state index is -0.510. The van der Waals surface area contributed by atoms with Crippen LogP contribution in [0.4, 0.5) is 4.79 Å². The average molecular weight is 216 g/mol. The van der Waals surface area contributed by atoms with Gasteiger partial charge in [-0.05, 0) is 27.2 Å². The van der Waals surface area contributed by atoms with Gasteiger partial charge in [-0.2, -0.15) is 0 Å². The molecule has 0 bridgehead atoms. The number of ether oxygens (including phenoxy) is 1. The zero-order valence-electron chi connectivity index (χ0n) is 9.56. The Morgan fingerprint density at radius 2 is 2.20 bits per heavy atom. The average Bonchev–Trinajstić information content (AvgIpc) is 2.43. The molecular weight excluding hydrogens is 196 g/mol. The lowest BCUT2D eigenvalue weighted by Gasteiger charge is -2.28. The Morgan fingerprint density at radius 3 is 2.67 bits per heavy atom. The van der Waals surface area contributed by atoms with Crippen LogP contribution >= 0.6 is 0 Å². The molecule has 1 saturated heterocycles. The molecule has 1 fully saturated rings. The fraction of sp³-hybridized carbons (Fsp3) is 0.900. The fourth-order valence-electron chi connectivity index (χ4n) is 1.66. The van der Waals surface area contributed by atoms with Crippen LogP contribution < -0.4 is 5.73 Å². The van der Waals surface area contributed by atoms with E-state index in [0.717, 1.165) is 0 Å². The van der Waals surface area contributed by atoms with Gasteiger partial charge in [0.15, 0.2) is 0 Å². The first-order chi connectivity index (χ1) is 6.85. The topological polar surface area (TPSA) is 75.8 Å². The Bertz CT molecular complexity index is 237. The van der Waals surface area contributed by atoms with Gasteiger partial charge in [0.2, 0.25) is 0 Å². The van der Waals surface area contributed by atoms with E-state index < -0.39 is 11.7 Å². The molecule has 1 amide bonds. The van der Waals surface area contributed by atoms with Crippen molar-refractivity contribution < 1.29 is 14.6 Å². The number of rotatable bonds is 1. The van der Waals surface area contributed by atoms with Crippen molar-refractivity contribution in [3.05, 3.63) is 0 Å². The summed E-state index contributed by atoms with van der Waals surface area (Å²) in [6.07, 6.45) is 0.319. The lowest BCUT2D eigenvalue weighted by molar-refractivity contribution is 0.0166. The molecule has 1 aliphatic heterocycles. The number of nitrogens with two attached hydrogens (primary N) is 1. The Morgan fingerprint density at radius 1 is 1.60 bits per heavy atom. The summed E-state index contributed by atoms with van der Waals surface area (Å²) in [5.74, 6) is 0. The standard InChI is InChI=1S/C10H20N2O3/c1-10(2,3)15-9(14)12-5-4-7(11)8(12)6-13/h7-8,13H,4-6,11H2,1-3H3/t7-,8-/m1/s1. The third-order valence-corrected chi connectivity index (χ3v) is 2.41. The lowest BCUT2D eigenvalue weighted by Crippen LogP contribution is -2.46. The number of likely N-dealkylation sites (tertiary alicyclic amines) is 1. The highest BCUT2D eigenvalue weighted by molar-refractivity contribution is 5.69. The van der Waals surface area contributed by atoms with Crippen LogP contribution in [0.3, 0.4) is 0 Å². The predicted molar refractivity (Wildman–Crippen MR) is 56.4 cm³/mol. The first-order valence-corrected chi connectivity index (χ1v) is 5.21. The van der Waals surface area contributed by atoms with E-state index in [-0.39, 0.29) is 18.7 Å². The van der Waals surface area contributed by atoms with Crippen molar-refractivity contribution in [1.82, 2.24) is 4.90 Å². The Kier molecular flexibility index (Phi) is 3.57. The Labute approximate surface area is 90.2 Å². The van der Waals surface area contributed by atoms with Crippen LogP contribution in [0.2, 0.25) is 0 Å². The second kappa shape index (κ2) is 4.37. The molecule has 0 aliphatic carbocycles. The molecule has 1 aliphatic rings. The molecular formula is C10H20N2O3. The summed E-state index contributed by atoms with van der Waals surface area (Å²) in [6.45, 7) is 5.89. The number of nitrogens with zero attached hydrogens (tertiary/aromatic N) is 1. The van der Waals surface area contributed by atoms with E-state index in [4.69, 9.17) is 15.6 Å². The number of carbonyl (C=O) groups excluding carboxylic acids is 1. The van der Waals surface area contributed by atoms with Crippen molar-refractivity contribution >= 4 is 6.09 Å². The van der Waals surface area contributed by atoms with Crippen LogP contribution in [-0.4, -0.2) is 46.9 Å². The maximum Gasteiger partial charge on any atom is 0.410 e. The molecule has 5 heteroatoms. The van der Waals surface area contributed by atoms with Gasteiger partial charge in [-0.25, -0.2) is 4.79 Å². The lowest BCUT2D eigenvalue weighted by atomic mass is 10.1. The van der Waals surface area contributed by atoms with Crippen LogP contribution in [-0.2, 0) is 4.74 Å². The maximum atomic E-state index is 11.7. The van der Waals surface area contributed by atoms with E-state index in [0.29, 0.717) is 13.0 Å². The summed E-state index contributed by atoms with van der Waals surface area (Å²) in [5, 5.41) is 9.12. The predicted octanol–water partition coefficient (Wildman–Crippen LogP) is 0.315. The summed E-state index contributed by atoms with van der Waals surface area (Å²) in [4.78, 5) is 13.2.